The molecule has 0 bridgehead atoms. The predicted molar refractivity (Wildman–Crippen MR) is 105 cm³/mol. The quantitative estimate of drug-likeness (QED) is 0.324. The number of fused-ring (bicyclic) bond motifs is 3. The normalized spacial score (nSPS) is 11.9. The Hall–Kier alpha value is -3.73. The highest BCUT2D eigenvalue weighted by Crippen LogP contribution is 2.37. The summed E-state index contributed by atoms with van der Waals surface area (Å²) in [5.74, 6) is -0.281. The molecule has 1 aliphatic carbocycles. The number of non-ortho nitro benzene ring substituents is 1. The van der Waals surface area contributed by atoms with Gasteiger partial charge >= 0.3 is 0 Å². The number of hydrogen-bond acceptors (Lipinski definition) is 3. The van der Waals surface area contributed by atoms with Gasteiger partial charge in [0, 0.05) is 23.9 Å². The summed E-state index contributed by atoms with van der Waals surface area (Å²) < 4.78 is 0. The van der Waals surface area contributed by atoms with Crippen LogP contribution in [0.4, 0.5) is 11.4 Å². The molecule has 4 rings (SSSR count). The molecule has 0 fully saturated rings. The van der Waals surface area contributed by atoms with Gasteiger partial charge in [-0.15, -0.1) is 0 Å². The number of carbonyl (C=O) groups excluding carboxylic acids is 1. The van der Waals surface area contributed by atoms with Crippen molar-refractivity contribution in [2.24, 2.45) is 0 Å². The van der Waals surface area contributed by atoms with Crippen LogP contribution in [0.3, 0.4) is 0 Å². The van der Waals surface area contributed by atoms with E-state index in [1.807, 2.05) is 30.3 Å². The number of rotatable bonds is 4. The second kappa shape index (κ2) is 6.88. The van der Waals surface area contributed by atoms with Crippen molar-refractivity contribution in [3.8, 4) is 11.1 Å². The van der Waals surface area contributed by atoms with Gasteiger partial charge in [-0.2, -0.15) is 0 Å². The molecule has 0 heterocycles. The van der Waals surface area contributed by atoms with E-state index in [9.17, 15) is 14.9 Å². The first-order valence-corrected chi connectivity index (χ1v) is 8.55. The largest absolute Gasteiger partial charge is 0.323 e. The molecule has 132 valence electrons. The highest BCUT2D eigenvalue weighted by Gasteiger charge is 2.17. The van der Waals surface area contributed by atoms with Gasteiger partial charge in [0.2, 0.25) is 5.91 Å². The number of anilines is 1. The number of nitrogens with zero attached hydrogens (tertiary/aromatic N) is 1. The maximum Gasteiger partial charge on any atom is 0.270 e. The minimum Gasteiger partial charge on any atom is -0.323 e. The summed E-state index contributed by atoms with van der Waals surface area (Å²) in [6.07, 6.45) is 3.80. The van der Waals surface area contributed by atoms with Crippen LogP contribution in [0.15, 0.2) is 72.8 Å². The van der Waals surface area contributed by atoms with Gasteiger partial charge in [-0.3, -0.25) is 14.9 Å². The molecule has 0 aromatic heterocycles. The maximum atomic E-state index is 12.2. The van der Waals surface area contributed by atoms with E-state index in [1.54, 1.807) is 18.2 Å². The molecule has 5 nitrogen and oxygen atoms in total. The molecule has 0 saturated carbocycles. The lowest BCUT2D eigenvalue weighted by Crippen LogP contribution is -2.07. The Morgan fingerprint density at radius 2 is 1.78 bits per heavy atom. The van der Waals surface area contributed by atoms with Gasteiger partial charge in [0.15, 0.2) is 0 Å². The molecule has 5 heteroatoms. The maximum absolute atomic E-state index is 12.2. The summed E-state index contributed by atoms with van der Waals surface area (Å²) in [4.78, 5) is 22.5. The molecule has 0 radical (unpaired) electrons. The Kier molecular flexibility index (Phi) is 4.26. The Labute approximate surface area is 156 Å². The summed E-state index contributed by atoms with van der Waals surface area (Å²) in [6.45, 7) is 0. The van der Waals surface area contributed by atoms with Crippen LogP contribution in [-0.2, 0) is 11.2 Å². The van der Waals surface area contributed by atoms with Crippen LogP contribution >= 0.6 is 0 Å². The highest BCUT2D eigenvalue weighted by molar-refractivity contribution is 6.02. The fourth-order valence-corrected chi connectivity index (χ4v) is 3.32. The van der Waals surface area contributed by atoms with Crippen LogP contribution in [0.1, 0.15) is 16.7 Å². The fraction of sp³-hybridized carbons (Fsp3) is 0.0455. The fourth-order valence-electron chi connectivity index (χ4n) is 3.32. The van der Waals surface area contributed by atoms with Crippen LogP contribution in [0.25, 0.3) is 17.2 Å². The van der Waals surface area contributed by atoms with Crippen molar-refractivity contribution in [1.29, 1.82) is 0 Å². The number of nitrogens with one attached hydrogen (secondary N) is 1. The highest BCUT2D eigenvalue weighted by atomic mass is 16.6. The molecule has 0 unspecified atom stereocenters. The molecular formula is C22H16N2O3. The van der Waals surface area contributed by atoms with Crippen LogP contribution in [0.5, 0.6) is 0 Å². The van der Waals surface area contributed by atoms with Gasteiger partial charge in [0.1, 0.15) is 0 Å². The number of nitro benzene ring substituents is 1. The smallest absolute Gasteiger partial charge is 0.270 e. The third-order valence-corrected chi connectivity index (χ3v) is 4.57. The minimum absolute atomic E-state index is 0.00394. The third-order valence-electron chi connectivity index (χ3n) is 4.57. The molecule has 0 spiro atoms. The molecule has 27 heavy (non-hydrogen) atoms. The van der Waals surface area contributed by atoms with Gasteiger partial charge in [0.25, 0.3) is 5.69 Å². The number of amides is 1. The van der Waals surface area contributed by atoms with Crippen molar-refractivity contribution < 1.29 is 9.72 Å². The van der Waals surface area contributed by atoms with Crippen molar-refractivity contribution >= 4 is 23.4 Å². The average molecular weight is 356 g/mol. The van der Waals surface area contributed by atoms with E-state index in [2.05, 4.69) is 17.4 Å². The predicted octanol–water partition coefficient (Wildman–Crippen LogP) is 4.82. The second-order valence-electron chi connectivity index (χ2n) is 6.38. The Morgan fingerprint density at radius 1 is 0.963 bits per heavy atom. The van der Waals surface area contributed by atoms with E-state index in [0.29, 0.717) is 5.56 Å². The second-order valence-corrected chi connectivity index (χ2v) is 6.38. The first-order valence-electron chi connectivity index (χ1n) is 8.55. The molecule has 0 atom stereocenters. The van der Waals surface area contributed by atoms with Crippen molar-refractivity contribution in [3.63, 3.8) is 0 Å². The van der Waals surface area contributed by atoms with Gasteiger partial charge in [-0.25, -0.2) is 0 Å². The summed E-state index contributed by atoms with van der Waals surface area (Å²) in [6, 6.07) is 20.4. The molecule has 0 aliphatic heterocycles. The van der Waals surface area contributed by atoms with E-state index >= 15 is 0 Å². The lowest BCUT2D eigenvalue weighted by Gasteiger charge is -2.06. The molecule has 3 aromatic rings. The van der Waals surface area contributed by atoms with Gasteiger partial charge < -0.3 is 5.32 Å². The van der Waals surface area contributed by atoms with Crippen molar-refractivity contribution in [3.05, 3.63) is 99.6 Å². The number of hydrogen-bond donors (Lipinski definition) is 1. The first kappa shape index (κ1) is 16.7. The third kappa shape index (κ3) is 3.48. The molecule has 1 aliphatic rings. The standard InChI is InChI=1S/C22H16N2O3/c25-22(11-8-15-4-3-6-19(12-15)24(26)27)23-18-9-10-21-17(14-18)13-16-5-1-2-7-20(16)21/h1-12,14H,13H2,(H,23,25). The van der Waals surface area contributed by atoms with Gasteiger partial charge in [0.05, 0.1) is 4.92 Å². The van der Waals surface area contributed by atoms with Crippen LogP contribution < -0.4 is 5.32 Å². The van der Waals surface area contributed by atoms with Crippen LogP contribution in [0, 0.1) is 10.1 Å². The minimum atomic E-state index is -0.458. The molecule has 0 saturated heterocycles. The van der Waals surface area contributed by atoms with Crippen LogP contribution in [0.2, 0.25) is 0 Å². The van der Waals surface area contributed by atoms with Crippen LogP contribution in [-0.4, -0.2) is 10.8 Å². The Bertz CT molecular complexity index is 1090. The van der Waals surface area contributed by atoms with Gasteiger partial charge in [-0.1, -0.05) is 42.5 Å². The zero-order valence-electron chi connectivity index (χ0n) is 14.4. The van der Waals surface area contributed by atoms with Crippen molar-refractivity contribution in [2.45, 2.75) is 6.42 Å². The summed E-state index contributed by atoms with van der Waals surface area (Å²) >= 11 is 0. The monoisotopic (exact) mass is 356 g/mol. The number of benzene rings is 3. The lowest BCUT2D eigenvalue weighted by atomic mass is 10.1. The zero-order chi connectivity index (χ0) is 18.8. The van der Waals surface area contributed by atoms with E-state index in [1.165, 1.54) is 40.5 Å². The summed E-state index contributed by atoms with van der Waals surface area (Å²) in [5, 5.41) is 13.7. The van der Waals surface area contributed by atoms with Gasteiger partial charge in [-0.05, 0) is 52.4 Å². The molecule has 1 amide bonds. The topological polar surface area (TPSA) is 72.2 Å². The van der Waals surface area contributed by atoms with E-state index < -0.39 is 4.92 Å². The zero-order valence-corrected chi connectivity index (χ0v) is 14.4. The number of carbonyl (C=O) groups is 1. The van der Waals surface area contributed by atoms with E-state index in [4.69, 9.17) is 0 Å². The SMILES string of the molecule is O=C(C=Cc1cccc([N+](=O)[O-])c1)Nc1ccc2c(c1)Cc1ccccc1-2. The Balaban J connectivity index is 1.47. The molecule has 1 N–H and O–H groups in total. The molecular weight excluding hydrogens is 340 g/mol. The average Bonchev–Trinajstić information content (AvgIpc) is 3.04. The lowest BCUT2D eigenvalue weighted by molar-refractivity contribution is -0.384. The number of nitro groups is 1. The summed E-state index contributed by atoms with van der Waals surface area (Å²) in [5.41, 5.74) is 6.26. The van der Waals surface area contributed by atoms with E-state index in [-0.39, 0.29) is 11.6 Å². The van der Waals surface area contributed by atoms with Crippen molar-refractivity contribution in [2.75, 3.05) is 5.32 Å². The van der Waals surface area contributed by atoms with Crippen molar-refractivity contribution in [1.82, 2.24) is 0 Å². The molecule has 3 aromatic carbocycles. The summed E-state index contributed by atoms with van der Waals surface area (Å²) in [7, 11) is 0. The first-order chi connectivity index (χ1) is 13.1. The van der Waals surface area contributed by atoms with E-state index in [0.717, 1.165) is 12.1 Å². The Morgan fingerprint density at radius 3 is 2.63 bits per heavy atom.